The number of amides is 1. The van der Waals surface area contributed by atoms with E-state index in [0.717, 1.165) is 22.9 Å². The lowest BCUT2D eigenvalue weighted by atomic mass is 10.1. The van der Waals surface area contributed by atoms with Gasteiger partial charge in [0.25, 0.3) is 5.91 Å². The van der Waals surface area contributed by atoms with Gasteiger partial charge in [-0.2, -0.15) is 0 Å². The first kappa shape index (κ1) is 22.1. The number of nitrogens with one attached hydrogen (secondary N) is 1. The van der Waals surface area contributed by atoms with Crippen LogP contribution in [-0.4, -0.2) is 10.9 Å². The summed E-state index contributed by atoms with van der Waals surface area (Å²) in [5.41, 5.74) is 4.30. The number of hydrogen-bond acceptors (Lipinski definition) is 3. The molecule has 166 valence electrons. The molecule has 33 heavy (non-hydrogen) atoms. The summed E-state index contributed by atoms with van der Waals surface area (Å²) >= 11 is 0. The number of rotatable bonds is 6. The van der Waals surface area contributed by atoms with Crippen LogP contribution in [0.5, 0.6) is 11.5 Å². The Bertz CT molecular complexity index is 1300. The van der Waals surface area contributed by atoms with Crippen molar-refractivity contribution in [2.24, 2.45) is 0 Å². The topological polar surface area (TPSA) is 51.2 Å². The van der Waals surface area contributed by atoms with Crippen LogP contribution in [0.3, 0.4) is 0 Å². The fourth-order valence-electron chi connectivity index (χ4n) is 3.53. The van der Waals surface area contributed by atoms with Gasteiger partial charge >= 0.3 is 0 Å². The van der Waals surface area contributed by atoms with Crippen molar-refractivity contribution < 1.29 is 18.3 Å². The number of aryl methyl sites for hydroxylation is 1. The van der Waals surface area contributed by atoms with E-state index in [0.29, 0.717) is 28.2 Å². The first-order valence-electron chi connectivity index (χ1n) is 10.4. The average Bonchev–Trinajstić information content (AvgIpc) is 2.78. The van der Waals surface area contributed by atoms with Gasteiger partial charge in [-0.05, 0) is 55.8 Å². The third-order valence-corrected chi connectivity index (χ3v) is 5.18. The van der Waals surface area contributed by atoms with Gasteiger partial charge in [-0.25, -0.2) is 8.78 Å². The number of aromatic nitrogens is 1. The first-order valence-corrected chi connectivity index (χ1v) is 10.4. The second-order valence-electron chi connectivity index (χ2n) is 7.74. The van der Waals surface area contributed by atoms with Crippen molar-refractivity contribution in [3.63, 3.8) is 0 Å². The molecule has 0 aliphatic heterocycles. The monoisotopic (exact) mass is 444 g/mol. The Morgan fingerprint density at radius 1 is 0.939 bits per heavy atom. The molecule has 0 saturated heterocycles. The van der Waals surface area contributed by atoms with Crippen LogP contribution in [0, 0.1) is 25.5 Å². The van der Waals surface area contributed by atoms with Crippen LogP contribution < -0.4 is 10.1 Å². The second-order valence-corrected chi connectivity index (χ2v) is 7.74. The van der Waals surface area contributed by atoms with E-state index in [2.05, 4.69) is 10.3 Å². The predicted molar refractivity (Wildman–Crippen MR) is 123 cm³/mol. The summed E-state index contributed by atoms with van der Waals surface area (Å²) in [6.45, 7) is 3.81. The predicted octanol–water partition coefficient (Wildman–Crippen LogP) is 6.37. The van der Waals surface area contributed by atoms with Crippen molar-refractivity contribution in [1.82, 2.24) is 10.3 Å². The Hall–Kier alpha value is -4.06. The lowest BCUT2D eigenvalue weighted by Gasteiger charge is -2.13. The average molecular weight is 444 g/mol. The van der Waals surface area contributed by atoms with Crippen molar-refractivity contribution in [3.05, 3.63) is 113 Å². The lowest BCUT2D eigenvalue weighted by Crippen LogP contribution is -2.23. The van der Waals surface area contributed by atoms with Crippen molar-refractivity contribution in [2.45, 2.75) is 20.4 Å². The van der Waals surface area contributed by atoms with Crippen LogP contribution in [0.2, 0.25) is 0 Å². The molecule has 4 rings (SSSR count). The number of pyridine rings is 1. The minimum Gasteiger partial charge on any atom is -0.457 e. The summed E-state index contributed by atoms with van der Waals surface area (Å²) < 4.78 is 32.8. The first-order chi connectivity index (χ1) is 15.9. The van der Waals surface area contributed by atoms with Gasteiger partial charge in [0.05, 0.1) is 5.69 Å². The zero-order chi connectivity index (χ0) is 23.4. The molecule has 0 radical (unpaired) electrons. The second kappa shape index (κ2) is 9.61. The highest BCUT2D eigenvalue weighted by molar-refractivity contribution is 5.96. The number of halogens is 2. The van der Waals surface area contributed by atoms with E-state index >= 15 is 0 Å². The molecule has 4 nitrogen and oxygen atoms in total. The summed E-state index contributed by atoms with van der Waals surface area (Å²) in [5, 5.41) is 2.70. The molecule has 0 aliphatic rings. The number of nitrogens with zero attached hydrogens (tertiary/aromatic N) is 1. The third kappa shape index (κ3) is 5.41. The van der Waals surface area contributed by atoms with Gasteiger partial charge in [0.1, 0.15) is 23.1 Å². The highest BCUT2D eigenvalue weighted by Crippen LogP contribution is 2.29. The van der Waals surface area contributed by atoms with Crippen LogP contribution in [0.1, 0.15) is 27.0 Å². The molecule has 0 aliphatic carbocycles. The number of carbonyl (C=O) groups excluding carboxylic acids is 1. The van der Waals surface area contributed by atoms with Gasteiger partial charge in [0.15, 0.2) is 0 Å². The normalized spacial score (nSPS) is 10.7. The minimum absolute atomic E-state index is 0.00223. The van der Waals surface area contributed by atoms with Crippen molar-refractivity contribution >= 4 is 5.91 Å². The van der Waals surface area contributed by atoms with E-state index in [1.54, 1.807) is 37.4 Å². The van der Waals surface area contributed by atoms with E-state index in [-0.39, 0.29) is 12.5 Å². The SMILES string of the molecule is Cc1cccc(-c2cc(Oc3cccc(C(=O)NCc4cc(F)cc(F)c4)c3C)ccn2)c1. The molecule has 4 aromatic rings. The molecular weight excluding hydrogens is 422 g/mol. The maximum atomic E-state index is 13.4. The van der Waals surface area contributed by atoms with Crippen molar-refractivity contribution in [1.29, 1.82) is 0 Å². The smallest absolute Gasteiger partial charge is 0.251 e. The zero-order valence-corrected chi connectivity index (χ0v) is 18.2. The molecule has 1 N–H and O–H groups in total. The van der Waals surface area contributed by atoms with Gasteiger partial charge in [0.2, 0.25) is 0 Å². The summed E-state index contributed by atoms with van der Waals surface area (Å²) in [6, 6.07) is 20.0. The van der Waals surface area contributed by atoms with Crippen molar-refractivity contribution in [3.8, 4) is 22.8 Å². The molecule has 0 fully saturated rings. The number of ether oxygens (including phenoxy) is 1. The van der Waals surface area contributed by atoms with Gasteiger partial charge in [-0.3, -0.25) is 9.78 Å². The van der Waals surface area contributed by atoms with Gasteiger partial charge in [0, 0.05) is 41.6 Å². The molecule has 0 bridgehead atoms. The molecule has 0 spiro atoms. The summed E-state index contributed by atoms with van der Waals surface area (Å²) in [4.78, 5) is 17.1. The Kier molecular flexibility index (Phi) is 6.45. The van der Waals surface area contributed by atoms with E-state index in [1.165, 1.54) is 12.1 Å². The molecule has 1 aromatic heterocycles. The Labute approximate surface area is 190 Å². The van der Waals surface area contributed by atoms with Gasteiger partial charge < -0.3 is 10.1 Å². The fourth-order valence-corrected chi connectivity index (χ4v) is 3.53. The standard InChI is InChI=1S/C27H22F2N2O2/c1-17-5-3-6-20(11-17)25-15-23(9-10-30-25)33-26-8-4-7-24(18(26)2)27(32)31-16-19-12-21(28)14-22(29)13-19/h3-15H,16H2,1-2H3,(H,31,32). The largest absolute Gasteiger partial charge is 0.457 e. The Morgan fingerprint density at radius 3 is 2.45 bits per heavy atom. The molecule has 0 unspecified atom stereocenters. The molecule has 1 heterocycles. The molecule has 0 atom stereocenters. The van der Waals surface area contributed by atoms with Gasteiger partial charge in [-0.1, -0.05) is 29.8 Å². The Balaban J connectivity index is 1.51. The maximum Gasteiger partial charge on any atom is 0.251 e. The lowest BCUT2D eigenvalue weighted by molar-refractivity contribution is 0.0950. The molecule has 3 aromatic carbocycles. The highest BCUT2D eigenvalue weighted by atomic mass is 19.1. The molecular formula is C27H22F2N2O2. The number of hydrogen-bond donors (Lipinski definition) is 1. The van der Waals surface area contributed by atoms with Crippen LogP contribution in [0.4, 0.5) is 8.78 Å². The molecule has 6 heteroatoms. The van der Waals surface area contributed by atoms with Gasteiger partial charge in [-0.15, -0.1) is 0 Å². The van der Waals surface area contributed by atoms with Crippen LogP contribution in [0.15, 0.2) is 79.0 Å². The summed E-state index contributed by atoms with van der Waals surface area (Å²) in [5.74, 6) is -0.613. The van der Waals surface area contributed by atoms with E-state index in [9.17, 15) is 13.6 Å². The van der Waals surface area contributed by atoms with Crippen molar-refractivity contribution in [2.75, 3.05) is 0 Å². The minimum atomic E-state index is -0.687. The fraction of sp³-hybridized carbons (Fsp3) is 0.111. The number of carbonyl (C=O) groups is 1. The Morgan fingerprint density at radius 2 is 1.70 bits per heavy atom. The molecule has 1 amide bonds. The van der Waals surface area contributed by atoms with Crippen LogP contribution >= 0.6 is 0 Å². The van der Waals surface area contributed by atoms with Crippen LogP contribution in [0.25, 0.3) is 11.3 Å². The zero-order valence-electron chi connectivity index (χ0n) is 18.2. The maximum absolute atomic E-state index is 13.4. The van der Waals surface area contributed by atoms with Crippen LogP contribution in [-0.2, 0) is 6.54 Å². The molecule has 0 saturated carbocycles. The quantitative estimate of drug-likeness (QED) is 0.376. The van der Waals surface area contributed by atoms with E-state index in [1.807, 2.05) is 37.3 Å². The van der Waals surface area contributed by atoms with E-state index < -0.39 is 11.6 Å². The summed E-state index contributed by atoms with van der Waals surface area (Å²) in [6.07, 6.45) is 1.68. The number of benzene rings is 3. The van der Waals surface area contributed by atoms with E-state index in [4.69, 9.17) is 4.74 Å². The summed E-state index contributed by atoms with van der Waals surface area (Å²) in [7, 11) is 0. The third-order valence-electron chi connectivity index (χ3n) is 5.18. The highest BCUT2D eigenvalue weighted by Gasteiger charge is 2.14.